The number of halogens is 6. The number of hydrogen-bond acceptors (Lipinski definition) is 4. The Morgan fingerprint density at radius 3 is 2.11 bits per heavy atom. The number of Topliss-reactive ketones (excluding diaryl/α,β-unsaturated/α-hetero) is 1. The van der Waals surface area contributed by atoms with Crippen molar-refractivity contribution in [3.63, 3.8) is 0 Å². The summed E-state index contributed by atoms with van der Waals surface area (Å²) in [6, 6.07) is 0.909. The predicted molar refractivity (Wildman–Crippen MR) is 114 cm³/mol. The van der Waals surface area contributed by atoms with Crippen molar-refractivity contribution in [3.05, 3.63) is 58.2 Å². The zero-order chi connectivity index (χ0) is 26.5. The van der Waals surface area contributed by atoms with Crippen LogP contribution in [0.1, 0.15) is 55.9 Å². The Balaban J connectivity index is 2.04. The van der Waals surface area contributed by atoms with Crippen LogP contribution in [0.15, 0.2) is 41.5 Å². The van der Waals surface area contributed by atoms with E-state index in [9.17, 15) is 41.0 Å². The van der Waals surface area contributed by atoms with Gasteiger partial charge in [0.05, 0.1) is 30.3 Å². The zero-order valence-electron chi connectivity index (χ0n) is 19.4. The summed E-state index contributed by atoms with van der Waals surface area (Å²) in [5.74, 6) is -3.53. The van der Waals surface area contributed by atoms with E-state index in [2.05, 4.69) is 6.58 Å². The smallest absolute Gasteiger partial charge is 0.416 e. The molecule has 10 heteroatoms. The third-order valence-corrected chi connectivity index (χ3v) is 7.23. The number of fused-ring (bicyclic) bond motifs is 1. The van der Waals surface area contributed by atoms with E-state index in [1.807, 2.05) is 6.92 Å². The molecule has 5 atom stereocenters. The summed E-state index contributed by atoms with van der Waals surface area (Å²) in [4.78, 5) is 25.2. The van der Waals surface area contributed by atoms with Crippen molar-refractivity contribution >= 4 is 11.8 Å². The van der Waals surface area contributed by atoms with E-state index in [0.29, 0.717) is 36.1 Å². The first-order chi connectivity index (χ1) is 16.1. The van der Waals surface area contributed by atoms with Gasteiger partial charge in [-0.05, 0) is 73.3 Å². The number of carbonyl (C=O) groups excluding carboxylic acids is 2. The average Bonchev–Trinajstić information content (AvgIpc) is 2.91. The van der Waals surface area contributed by atoms with Crippen LogP contribution in [-0.2, 0) is 26.7 Å². The second-order valence-electron chi connectivity index (χ2n) is 9.32. The molecule has 1 saturated carbocycles. The van der Waals surface area contributed by atoms with Gasteiger partial charge < -0.3 is 9.84 Å². The molecule has 4 nitrogen and oxygen atoms in total. The SMILES string of the molecule is C=C(C(=O)OC)[C@@H]1CC[C@H](C)[C@H]2C(=C(C)C(=O)[C@@H]2[C@@H](O)c2cc(C(F)(F)F)cc(C(F)(F)F)c2)C1. The minimum Gasteiger partial charge on any atom is -0.466 e. The minimum atomic E-state index is -5.08. The number of rotatable bonds is 4. The number of methoxy groups -OCH3 is 1. The van der Waals surface area contributed by atoms with Gasteiger partial charge in [0.15, 0.2) is 5.78 Å². The third-order valence-electron chi connectivity index (χ3n) is 7.23. The number of benzene rings is 1. The van der Waals surface area contributed by atoms with Gasteiger partial charge in [-0.15, -0.1) is 0 Å². The van der Waals surface area contributed by atoms with E-state index in [1.165, 1.54) is 14.0 Å². The molecule has 3 rings (SSSR count). The van der Waals surface area contributed by atoms with Gasteiger partial charge in [-0.25, -0.2) is 4.79 Å². The van der Waals surface area contributed by atoms with Crippen LogP contribution in [0, 0.1) is 23.7 Å². The Morgan fingerprint density at radius 1 is 1.09 bits per heavy atom. The first-order valence-electron chi connectivity index (χ1n) is 11.1. The number of aliphatic hydroxyl groups is 1. The molecule has 192 valence electrons. The Bertz CT molecular complexity index is 1040. The second kappa shape index (κ2) is 9.44. The maximum absolute atomic E-state index is 13.3. The maximum Gasteiger partial charge on any atom is 0.416 e. The topological polar surface area (TPSA) is 63.6 Å². The van der Waals surface area contributed by atoms with Gasteiger partial charge in [0.1, 0.15) is 0 Å². The zero-order valence-corrected chi connectivity index (χ0v) is 19.4. The van der Waals surface area contributed by atoms with Crippen molar-refractivity contribution in [2.24, 2.45) is 23.7 Å². The summed E-state index contributed by atoms with van der Waals surface area (Å²) in [5.41, 5.74) is -2.56. The highest BCUT2D eigenvalue weighted by Gasteiger charge is 2.49. The molecule has 0 unspecified atom stereocenters. The number of hydrogen-bond donors (Lipinski definition) is 1. The number of carbonyl (C=O) groups is 2. The van der Waals surface area contributed by atoms with Crippen LogP contribution in [0.2, 0.25) is 0 Å². The standard InChI is InChI=1S/C25H26F6O4/c1-11-5-6-14(12(2)23(34)35-4)9-18-13(3)21(32)20(19(11)18)22(33)15-7-16(24(26,27)28)10-17(8-15)25(29,30)31/h7-8,10-11,14,19-20,22,33H,2,5-6,9H2,1,3-4H3/t11-,14+,19-,20+,22-/m0/s1. The van der Waals surface area contributed by atoms with E-state index in [0.717, 1.165) is 0 Å². The van der Waals surface area contributed by atoms with Gasteiger partial charge in [0, 0.05) is 5.57 Å². The number of ketones is 1. The molecule has 0 heterocycles. The van der Waals surface area contributed by atoms with Crippen LogP contribution >= 0.6 is 0 Å². The molecule has 1 aromatic rings. The van der Waals surface area contributed by atoms with E-state index < -0.39 is 58.7 Å². The van der Waals surface area contributed by atoms with E-state index in [1.54, 1.807) is 0 Å². The lowest BCUT2D eigenvalue weighted by Crippen LogP contribution is -2.29. The molecule has 0 aliphatic heterocycles. The maximum atomic E-state index is 13.3. The Morgan fingerprint density at radius 2 is 1.63 bits per heavy atom. The quantitative estimate of drug-likeness (QED) is 0.308. The highest BCUT2D eigenvalue weighted by Crippen LogP contribution is 2.52. The van der Waals surface area contributed by atoms with Crippen LogP contribution in [0.3, 0.4) is 0 Å². The molecule has 1 aromatic carbocycles. The number of ether oxygens (including phenoxy) is 1. The minimum absolute atomic E-state index is 0.0150. The normalized spacial score (nSPS) is 26.3. The van der Waals surface area contributed by atoms with Crippen LogP contribution in [0.5, 0.6) is 0 Å². The average molecular weight is 504 g/mol. The molecule has 2 aliphatic carbocycles. The Kier molecular flexibility index (Phi) is 7.28. The molecule has 1 N–H and O–H groups in total. The highest BCUT2D eigenvalue weighted by atomic mass is 19.4. The van der Waals surface area contributed by atoms with Crippen molar-refractivity contribution in [2.45, 2.75) is 51.6 Å². The fourth-order valence-corrected chi connectivity index (χ4v) is 5.33. The molecule has 0 radical (unpaired) electrons. The molecule has 0 saturated heterocycles. The number of alkyl halides is 6. The summed E-state index contributed by atoms with van der Waals surface area (Å²) in [7, 11) is 1.22. The van der Waals surface area contributed by atoms with E-state index >= 15 is 0 Å². The first-order valence-corrected chi connectivity index (χ1v) is 11.1. The number of aliphatic hydroxyl groups excluding tert-OH is 1. The van der Waals surface area contributed by atoms with E-state index in [-0.39, 0.29) is 29.9 Å². The summed E-state index contributed by atoms with van der Waals surface area (Å²) in [6.45, 7) is 7.14. The van der Waals surface area contributed by atoms with Crippen LogP contribution < -0.4 is 0 Å². The van der Waals surface area contributed by atoms with Crippen molar-refractivity contribution in [3.8, 4) is 0 Å². The van der Waals surface area contributed by atoms with Crippen molar-refractivity contribution < 1.29 is 45.8 Å². The van der Waals surface area contributed by atoms with Crippen molar-refractivity contribution in [1.82, 2.24) is 0 Å². The molecular weight excluding hydrogens is 478 g/mol. The van der Waals surface area contributed by atoms with Gasteiger partial charge in [-0.3, -0.25) is 4.79 Å². The highest BCUT2D eigenvalue weighted by molar-refractivity contribution is 6.01. The molecule has 0 spiro atoms. The van der Waals surface area contributed by atoms with E-state index in [4.69, 9.17) is 4.74 Å². The number of esters is 1. The summed E-state index contributed by atoms with van der Waals surface area (Å²) >= 11 is 0. The Labute approximate surface area is 198 Å². The molecular formula is C25H26F6O4. The summed E-state index contributed by atoms with van der Waals surface area (Å²) in [5, 5.41) is 11.1. The number of allylic oxidation sites excluding steroid dienone is 2. The third kappa shape index (κ3) is 5.17. The van der Waals surface area contributed by atoms with Gasteiger partial charge in [0.2, 0.25) is 0 Å². The second-order valence-corrected chi connectivity index (χ2v) is 9.32. The largest absolute Gasteiger partial charge is 0.466 e. The van der Waals surface area contributed by atoms with Gasteiger partial charge >= 0.3 is 18.3 Å². The Hall–Kier alpha value is -2.62. The van der Waals surface area contributed by atoms with Crippen molar-refractivity contribution in [1.29, 1.82) is 0 Å². The fraction of sp³-hybridized carbons (Fsp3) is 0.520. The fourth-order valence-electron chi connectivity index (χ4n) is 5.33. The molecule has 35 heavy (non-hydrogen) atoms. The molecule has 0 bridgehead atoms. The van der Waals surface area contributed by atoms with Crippen LogP contribution in [0.25, 0.3) is 0 Å². The van der Waals surface area contributed by atoms with Gasteiger partial charge in [-0.2, -0.15) is 26.3 Å². The first kappa shape index (κ1) is 27.0. The molecule has 0 aromatic heterocycles. The molecule has 0 amide bonds. The van der Waals surface area contributed by atoms with Gasteiger partial charge in [-0.1, -0.05) is 19.1 Å². The lowest BCUT2D eigenvalue weighted by Gasteiger charge is -2.30. The van der Waals surface area contributed by atoms with Crippen molar-refractivity contribution in [2.75, 3.05) is 7.11 Å². The van der Waals surface area contributed by atoms with Crippen LogP contribution in [0.4, 0.5) is 26.3 Å². The monoisotopic (exact) mass is 504 g/mol. The van der Waals surface area contributed by atoms with Crippen LogP contribution in [-0.4, -0.2) is 24.0 Å². The molecule has 2 aliphatic rings. The summed E-state index contributed by atoms with van der Waals surface area (Å²) in [6.07, 6.45) is -10.7. The summed E-state index contributed by atoms with van der Waals surface area (Å²) < 4.78 is 84.8. The predicted octanol–water partition coefficient (Wildman–Crippen LogP) is 6.05. The lowest BCUT2D eigenvalue weighted by atomic mass is 9.75. The molecule has 1 fully saturated rings. The van der Waals surface area contributed by atoms with Gasteiger partial charge in [0.25, 0.3) is 0 Å². The lowest BCUT2D eigenvalue weighted by molar-refractivity contribution is -0.143.